The molecule has 0 aliphatic carbocycles. The second-order valence-corrected chi connectivity index (χ2v) is 8.68. The van der Waals surface area contributed by atoms with E-state index in [1.165, 1.54) is 0 Å². The Morgan fingerprint density at radius 1 is 1.13 bits per heavy atom. The fourth-order valence-electron chi connectivity index (χ4n) is 3.30. The lowest BCUT2D eigenvalue weighted by molar-refractivity contribution is -0.121. The van der Waals surface area contributed by atoms with Crippen LogP contribution in [0.5, 0.6) is 0 Å². The molecule has 0 bridgehead atoms. The molecule has 4 aromatic rings. The number of para-hydroxylation sites is 2. The molecular formula is C22H20Cl2N4OS. The molecule has 154 valence electrons. The molecule has 8 heteroatoms. The molecule has 2 heterocycles. The fraction of sp³-hybridized carbons (Fsp3) is 0.227. The van der Waals surface area contributed by atoms with Crippen molar-refractivity contribution < 1.29 is 4.79 Å². The first-order valence-corrected chi connectivity index (χ1v) is 11.2. The molecule has 0 spiro atoms. The van der Waals surface area contributed by atoms with E-state index >= 15 is 0 Å². The number of carbonyl (C=O) groups is 1. The highest BCUT2D eigenvalue weighted by Crippen LogP contribution is 2.34. The number of halogens is 2. The van der Waals surface area contributed by atoms with Gasteiger partial charge in [-0.1, -0.05) is 41.4 Å². The van der Waals surface area contributed by atoms with Crippen LogP contribution >= 0.6 is 34.5 Å². The molecule has 5 nitrogen and oxygen atoms in total. The van der Waals surface area contributed by atoms with Gasteiger partial charge in [-0.25, -0.2) is 9.97 Å². The van der Waals surface area contributed by atoms with E-state index in [4.69, 9.17) is 28.2 Å². The minimum Gasteiger partial charge on any atom is -0.355 e. The van der Waals surface area contributed by atoms with Gasteiger partial charge in [-0.15, -0.1) is 11.3 Å². The summed E-state index contributed by atoms with van der Waals surface area (Å²) < 4.78 is 1.88. The number of aryl methyl sites for hydroxylation is 2. The molecule has 0 radical (unpaired) electrons. The van der Waals surface area contributed by atoms with Crippen molar-refractivity contribution in [1.29, 1.82) is 0 Å². The maximum Gasteiger partial charge on any atom is 0.240 e. The molecule has 0 unspecified atom stereocenters. The van der Waals surface area contributed by atoms with Crippen LogP contribution in [-0.2, 0) is 17.8 Å². The summed E-state index contributed by atoms with van der Waals surface area (Å²) in [4.78, 5) is 21.8. The van der Waals surface area contributed by atoms with Gasteiger partial charge in [-0.2, -0.15) is 0 Å². The standard InChI is InChI=1S/C22H20Cl2N4OS/c1-14-13-30-20(26-14)10-5-11-25-19(29)12-28-18-9-3-2-8-17(18)27-22(28)15-6-4-7-16(23)21(15)24/h2-4,6-9,13H,5,10-12H2,1H3,(H,25,29). The third-order valence-corrected chi connectivity index (χ3v) is 6.55. The number of fused-ring (bicyclic) bond motifs is 1. The zero-order valence-corrected chi connectivity index (χ0v) is 18.7. The van der Waals surface area contributed by atoms with Crippen molar-refractivity contribution in [2.75, 3.05) is 6.54 Å². The Bertz CT molecular complexity index is 1200. The molecule has 1 amide bonds. The predicted octanol–water partition coefficient (Wildman–Crippen LogP) is 5.52. The van der Waals surface area contributed by atoms with Crippen LogP contribution in [0.1, 0.15) is 17.1 Å². The van der Waals surface area contributed by atoms with Crippen molar-refractivity contribution in [2.45, 2.75) is 26.3 Å². The fourth-order valence-corrected chi connectivity index (χ4v) is 4.51. The summed E-state index contributed by atoms with van der Waals surface area (Å²) in [6.07, 6.45) is 1.70. The normalized spacial score (nSPS) is 11.2. The number of nitrogens with one attached hydrogen (secondary N) is 1. The highest BCUT2D eigenvalue weighted by Gasteiger charge is 2.18. The highest BCUT2D eigenvalue weighted by molar-refractivity contribution is 7.09. The van der Waals surface area contributed by atoms with Gasteiger partial charge in [0, 0.05) is 29.6 Å². The van der Waals surface area contributed by atoms with E-state index in [1.54, 1.807) is 17.4 Å². The van der Waals surface area contributed by atoms with Crippen LogP contribution in [0, 0.1) is 6.92 Å². The minimum atomic E-state index is -0.0760. The van der Waals surface area contributed by atoms with Crippen molar-refractivity contribution in [3.8, 4) is 11.4 Å². The predicted molar refractivity (Wildman–Crippen MR) is 123 cm³/mol. The van der Waals surface area contributed by atoms with Crippen molar-refractivity contribution >= 4 is 51.5 Å². The van der Waals surface area contributed by atoms with Crippen LogP contribution in [0.15, 0.2) is 47.8 Å². The van der Waals surface area contributed by atoms with Crippen LogP contribution < -0.4 is 5.32 Å². The quantitative estimate of drug-likeness (QED) is 0.370. The van der Waals surface area contributed by atoms with Gasteiger partial charge in [0.05, 0.1) is 26.1 Å². The molecule has 0 atom stereocenters. The smallest absolute Gasteiger partial charge is 0.240 e. The van der Waals surface area contributed by atoms with Crippen LogP contribution in [0.2, 0.25) is 10.0 Å². The molecule has 2 aromatic carbocycles. The maximum atomic E-state index is 12.7. The van der Waals surface area contributed by atoms with Crippen LogP contribution in [0.4, 0.5) is 0 Å². The first kappa shape index (κ1) is 20.8. The second kappa shape index (κ2) is 9.16. The summed E-state index contributed by atoms with van der Waals surface area (Å²) in [6.45, 7) is 2.73. The third-order valence-electron chi connectivity index (χ3n) is 4.70. The van der Waals surface area contributed by atoms with E-state index < -0.39 is 0 Å². The van der Waals surface area contributed by atoms with Crippen molar-refractivity contribution in [1.82, 2.24) is 19.9 Å². The number of hydrogen-bond donors (Lipinski definition) is 1. The lowest BCUT2D eigenvalue weighted by Gasteiger charge is -2.11. The average molecular weight is 459 g/mol. The summed E-state index contributed by atoms with van der Waals surface area (Å²) in [5.41, 5.74) is 3.41. The van der Waals surface area contributed by atoms with Gasteiger partial charge < -0.3 is 9.88 Å². The Kier molecular flexibility index (Phi) is 6.37. The molecule has 2 aromatic heterocycles. The molecule has 0 saturated heterocycles. The van der Waals surface area contributed by atoms with E-state index in [-0.39, 0.29) is 12.5 Å². The van der Waals surface area contributed by atoms with E-state index in [9.17, 15) is 4.79 Å². The molecule has 0 aliphatic heterocycles. The topological polar surface area (TPSA) is 59.8 Å². The molecular weight excluding hydrogens is 439 g/mol. The minimum absolute atomic E-state index is 0.0760. The molecule has 0 fully saturated rings. The number of benzene rings is 2. The van der Waals surface area contributed by atoms with Crippen LogP contribution in [0.25, 0.3) is 22.4 Å². The summed E-state index contributed by atoms with van der Waals surface area (Å²) in [7, 11) is 0. The maximum absolute atomic E-state index is 12.7. The Labute approximate surface area is 188 Å². The Hall–Kier alpha value is -2.41. The molecule has 1 N–H and O–H groups in total. The van der Waals surface area contributed by atoms with E-state index in [2.05, 4.69) is 10.3 Å². The number of imidazole rings is 1. The Morgan fingerprint density at radius 3 is 2.77 bits per heavy atom. The van der Waals surface area contributed by atoms with Crippen LogP contribution in [-0.4, -0.2) is 27.0 Å². The van der Waals surface area contributed by atoms with Crippen molar-refractivity contribution in [3.05, 3.63) is 68.6 Å². The van der Waals surface area contributed by atoms with Gasteiger partial charge in [0.25, 0.3) is 0 Å². The van der Waals surface area contributed by atoms with Crippen LogP contribution in [0.3, 0.4) is 0 Å². The van der Waals surface area contributed by atoms with Crippen molar-refractivity contribution in [2.24, 2.45) is 0 Å². The van der Waals surface area contributed by atoms with Gasteiger partial charge in [0.15, 0.2) is 0 Å². The number of nitrogens with zero attached hydrogens (tertiary/aromatic N) is 3. The molecule has 0 aliphatic rings. The second-order valence-electron chi connectivity index (χ2n) is 6.95. The first-order valence-electron chi connectivity index (χ1n) is 9.60. The number of amides is 1. The van der Waals surface area contributed by atoms with Gasteiger partial charge in [0.1, 0.15) is 12.4 Å². The van der Waals surface area contributed by atoms with E-state index in [0.29, 0.717) is 28.0 Å². The van der Waals surface area contributed by atoms with Gasteiger partial charge in [-0.3, -0.25) is 4.79 Å². The van der Waals surface area contributed by atoms with Gasteiger partial charge >= 0.3 is 0 Å². The molecule has 4 rings (SSSR count). The van der Waals surface area contributed by atoms with Crippen molar-refractivity contribution in [3.63, 3.8) is 0 Å². The Balaban J connectivity index is 1.51. The number of hydrogen-bond acceptors (Lipinski definition) is 4. The largest absolute Gasteiger partial charge is 0.355 e. The van der Waals surface area contributed by atoms with Gasteiger partial charge in [0.2, 0.25) is 5.91 Å². The number of rotatable bonds is 7. The summed E-state index contributed by atoms with van der Waals surface area (Å²) >= 11 is 14.3. The average Bonchev–Trinajstić information content (AvgIpc) is 3.31. The lowest BCUT2D eigenvalue weighted by Crippen LogP contribution is -2.29. The monoisotopic (exact) mass is 458 g/mol. The lowest BCUT2D eigenvalue weighted by atomic mass is 10.2. The summed E-state index contributed by atoms with van der Waals surface area (Å²) in [5, 5.41) is 7.02. The zero-order chi connectivity index (χ0) is 21.1. The SMILES string of the molecule is Cc1csc(CCCNC(=O)Cn2c(-c3cccc(Cl)c3Cl)nc3ccccc32)n1. The van der Waals surface area contributed by atoms with E-state index in [1.807, 2.05) is 53.3 Å². The Morgan fingerprint density at radius 2 is 1.97 bits per heavy atom. The number of thiazole rings is 1. The summed E-state index contributed by atoms with van der Waals surface area (Å²) in [6, 6.07) is 13.1. The van der Waals surface area contributed by atoms with E-state index in [0.717, 1.165) is 34.6 Å². The number of carbonyl (C=O) groups excluding carboxylic acids is 1. The van der Waals surface area contributed by atoms with Gasteiger partial charge in [-0.05, 0) is 37.6 Å². The zero-order valence-electron chi connectivity index (χ0n) is 16.4. The number of aromatic nitrogens is 3. The third kappa shape index (κ3) is 4.51. The molecule has 0 saturated carbocycles. The summed E-state index contributed by atoms with van der Waals surface area (Å²) in [5.74, 6) is 0.546. The molecule has 30 heavy (non-hydrogen) atoms. The first-order chi connectivity index (χ1) is 14.5. The highest BCUT2D eigenvalue weighted by atomic mass is 35.5.